The molecule has 0 aliphatic rings. The van der Waals surface area contributed by atoms with E-state index in [1.54, 1.807) is 13.3 Å². The Morgan fingerprint density at radius 2 is 2.04 bits per heavy atom. The molecule has 0 saturated carbocycles. The van der Waals surface area contributed by atoms with E-state index < -0.39 is 5.69 Å². The van der Waals surface area contributed by atoms with Crippen LogP contribution in [0.15, 0.2) is 52.5 Å². The Morgan fingerprint density at radius 1 is 1.18 bits per heavy atom. The minimum absolute atomic E-state index is 0.250. The van der Waals surface area contributed by atoms with Crippen LogP contribution < -0.4 is 20.6 Å². The maximum atomic E-state index is 11.1. The highest BCUT2D eigenvalue weighted by Crippen LogP contribution is 2.28. The summed E-state index contributed by atoms with van der Waals surface area (Å²) in [5.41, 5.74) is 6.40. The number of rotatable bonds is 7. The summed E-state index contributed by atoms with van der Waals surface area (Å²) in [5, 5.41) is 9.87. The minimum Gasteiger partial charge on any atom is -0.493 e. The number of hydrazone groups is 1. The van der Waals surface area contributed by atoms with E-state index in [0.29, 0.717) is 18.1 Å². The van der Waals surface area contributed by atoms with Crippen LogP contribution in [0.2, 0.25) is 0 Å². The van der Waals surface area contributed by atoms with Crippen molar-refractivity contribution in [2.24, 2.45) is 5.10 Å². The molecule has 0 atom stereocenters. The largest absolute Gasteiger partial charge is 0.493 e. The highest BCUT2D eigenvalue weighted by molar-refractivity contribution is 5.81. The van der Waals surface area contributed by atoms with E-state index in [9.17, 15) is 4.79 Å². The number of benzene rings is 2. The summed E-state index contributed by atoms with van der Waals surface area (Å²) in [7, 11) is 1.59. The molecule has 3 aromatic rings. The van der Waals surface area contributed by atoms with Gasteiger partial charge in [-0.15, -0.1) is 0 Å². The average Bonchev–Trinajstić information content (AvgIpc) is 2.69. The first kappa shape index (κ1) is 19.1. The summed E-state index contributed by atoms with van der Waals surface area (Å²) in [6.45, 7) is 4.58. The molecule has 0 fully saturated rings. The van der Waals surface area contributed by atoms with Crippen molar-refractivity contribution >= 4 is 12.0 Å². The first-order valence-corrected chi connectivity index (χ1v) is 8.63. The number of anilines is 1. The zero-order valence-electron chi connectivity index (χ0n) is 15.9. The number of aromatic nitrogens is 3. The van der Waals surface area contributed by atoms with Gasteiger partial charge in [0.2, 0.25) is 0 Å². The Balaban J connectivity index is 1.68. The smallest absolute Gasteiger partial charge is 0.363 e. The molecule has 1 heterocycles. The third kappa shape index (κ3) is 4.94. The normalized spacial score (nSPS) is 10.8. The first-order valence-electron chi connectivity index (χ1n) is 8.63. The molecular formula is C20H21N5O3. The van der Waals surface area contributed by atoms with Gasteiger partial charge in [-0.1, -0.05) is 23.8 Å². The van der Waals surface area contributed by atoms with Crippen LogP contribution in [0.3, 0.4) is 0 Å². The fourth-order valence-electron chi connectivity index (χ4n) is 2.53. The molecule has 0 unspecified atom stereocenters. The van der Waals surface area contributed by atoms with Gasteiger partial charge in [-0.05, 0) is 48.7 Å². The van der Waals surface area contributed by atoms with Crippen molar-refractivity contribution in [1.82, 2.24) is 15.2 Å². The van der Waals surface area contributed by atoms with Crippen LogP contribution in [0.5, 0.6) is 11.5 Å². The van der Waals surface area contributed by atoms with Gasteiger partial charge in [0.25, 0.3) is 0 Å². The molecule has 0 amide bonds. The number of H-pyrrole nitrogens is 1. The number of aryl methyl sites for hydroxylation is 2. The molecule has 0 aliphatic carbocycles. The van der Waals surface area contributed by atoms with Gasteiger partial charge < -0.3 is 9.47 Å². The number of ether oxygens (including phenoxy) is 2. The van der Waals surface area contributed by atoms with Crippen LogP contribution in [0, 0.1) is 13.8 Å². The van der Waals surface area contributed by atoms with E-state index in [1.165, 1.54) is 17.3 Å². The second-order valence-electron chi connectivity index (χ2n) is 6.17. The molecule has 2 N–H and O–H groups in total. The molecule has 8 nitrogen and oxygen atoms in total. The highest BCUT2D eigenvalue weighted by atomic mass is 16.5. The molecule has 28 heavy (non-hydrogen) atoms. The van der Waals surface area contributed by atoms with Crippen LogP contribution in [0.1, 0.15) is 22.3 Å². The second-order valence-corrected chi connectivity index (χ2v) is 6.17. The van der Waals surface area contributed by atoms with Crippen molar-refractivity contribution in [3.63, 3.8) is 0 Å². The molecule has 3 rings (SSSR count). The predicted octanol–water partition coefficient (Wildman–Crippen LogP) is 2.82. The average molecular weight is 379 g/mol. The van der Waals surface area contributed by atoms with Crippen molar-refractivity contribution < 1.29 is 9.47 Å². The summed E-state index contributed by atoms with van der Waals surface area (Å²) >= 11 is 0. The molecule has 8 heteroatoms. The van der Waals surface area contributed by atoms with Gasteiger partial charge in [0.05, 0.1) is 19.5 Å². The molecule has 0 spiro atoms. The number of methoxy groups -OCH3 is 1. The van der Waals surface area contributed by atoms with E-state index in [0.717, 1.165) is 11.1 Å². The molecule has 2 aromatic carbocycles. The van der Waals surface area contributed by atoms with Gasteiger partial charge in [-0.3, -0.25) is 5.43 Å². The number of nitrogens with zero attached hydrogens (tertiary/aromatic N) is 3. The Hall–Kier alpha value is -3.68. The van der Waals surface area contributed by atoms with Crippen molar-refractivity contribution in [3.05, 3.63) is 75.3 Å². The van der Waals surface area contributed by atoms with E-state index in [-0.39, 0.29) is 5.82 Å². The summed E-state index contributed by atoms with van der Waals surface area (Å²) in [4.78, 5) is 14.8. The zero-order chi connectivity index (χ0) is 19.9. The van der Waals surface area contributed by atoms with Crippen LogP contribution in [0.25, 0.3) is 0 Å². The standard InChI is InChI=1S/C20H21N5O3/c1-13-4-5-14(2)16(8-13)12-28-17-7-6-15(9-18(17)27-3)10-21-24-19-11-22-25-20(26)23-19/h4-11H,12H2,1-3H3,(H2,23,24,25,26)/b21-10+. The SMILES string of the molecule is COc1cc(/C=N/Nc2cn[nH]c(=O)n2)ccc1OCc1cc(C)ccc1C. The van der Waals surface area contributed by atoms with Crippen molar-refractivity contribution in [1.29, 1.82) is 0 Å². The lowest BCUT2D eigenvalue weighted by atomic mass is 10.1. The van der Waals surface area contributed by atoms with Crippen molar-refractivity contribution in [3.8, 4) is 11.5 Å². The number of hydrogen-bond acceptors (Lipinski definition) is 7. The van der Waals surface area contributed by atoms with Gasteiger partial charge in [-0.25, -0.2) is 9.89 Å². The Labute approximate surface area is 162 Å². The van der Waals surface area contributed by atoms with Crippen LogP contribution >= 0.6 is 0 Å². The summed E-state index contributed by atoms with van der Waals surface area (Å²) in [6, 6.07) is 11.8. The molecule has 144 valence electrons. The van der Waals surface area contributed by atoms with Crippen LogP contribution in [0.4, 0.5) is 5.82 Å². The van der Waals surface area contributed by atoms with Gasteiger partial charge in [0.1, 0.15) is 6.61 Å². The minimum atomic E-state index is -0.549. The topological polar surface area (TPSA) is 101 Å². The Kier molecular flexibility index (Phi) is 6.01. The predicted molar refractivity (Wildman–Crippen MR) is 107 cm³/mol. The number of nitrogens with one attached hydrogen (secondary N) is 2. The fourth-order valence-corrected chi connectivity index (χ4v) is 2.53. The zero-order valence-corrected chi connectivity index (χ0v) is 15.9. The lowest BCUT2D eigenvalue weighted by Gasteiger charge is -2.13. The summed E-state index contributed by atoms with van der Waals surface area (Å²) < 4.78 is 11.4. The summed E-state index contributed by atoms with van der Waals surface area (Å²) in [6.07, 6.45) is 2.95. The van der Waals surface area contributed by atoms with Gasteiger partial charge in [-0.2, -0.15) is 15.2 Å². The molecule has 1 aromatic heterocycles. The van der Waals surface area contributed by atoms with E-state index >= 15 is 0 Å². The van der Waals surface area contributed by atoms with Crippen LogP contribution in [-0.4, -0.2) is 28.5 Å². The van der Waals surface area contributed by atoms with E-state index in [1.807, 2.05) is 18.2 Å². The second kappa shape index (κ2) is 8.81. The first-order chi connectivity index (χ1) is 13.5. The molecule has 0 bridgehead atoms. The maximum Gasteiger partial charge on any atom is 0.363 e. The third-order valence-electron chi connectivity index (χ3n) is 4.04. The molecular weight excluding hydrogens is 358 g/mol. The van der Waals surface area contributed by atoms with Crippen molar-refractivity contribution in [2.75, 3.05) is 12.5 Å². The van der Waals surface area contributed by atoms with Gasteiger partial charge in [0, 0.05) is 0 Å². The highest BCUT2D eigenvalue weighted by Gasteiger charge is 2.07. The van der Waals surface area contributed by atoms with Gasteiger partial charge >= 0.3 is 5.69 Å². The monoisotopic (exact) mass is 379 g/mol. The van der Waals surface area contributed by atoms with Crippen molar-refractivity contribution in [2.45, 2.75) is 20.5 Å². The maximum absolute atomic E-state index is 11.1. The Morgan fingerprint density at radius 3 is 2.82 bits per heavy atom. The number of hydrogen-bond donors (Lipinski definition) is 2. The summed E-state index contributed by atoms with van der Waals surface area (Å²) in [5.74, 6) is 1.50. The lowest BCUT2D eigenvalue weighted by molar-refractivity contribution is 0.284. The lowest BCUT2D eigenvalue weighted by Crippen LogP contribution is -2.13. The van der Waals surface area contributed by atoms with E-state index in [2.05, 4.69) is 57.8 Å². The molecule has 0 aliphatic heterocycles. The quantitative estimate of drug-likeness (QED) is 0.483. The Bertz CT molecular complexity index is 1050. The molecule has 0 radical (unpaired) electrons. The fraction of sp³-hybridized carbons (Fsp3) is 0.200. The van der Waals surface area contributed by atoms with E-state index in [4.69, 9.17) is 9.47 Å². The molecule has 0 saturated heterocycles. The number of aromatic amines is 1. The third-order valence-corrected chi connectivity index (χ3v) is 4.04. The van der Waals surface area contributed by atoms with Crippen LogP contribution in [-0.2, 0) is 6.61 Å². The van der Waals surface area contributed by atoms with Gasteiger partial charge in [0.15, 0.2) is 17.3 Å².